The summed E-state index contributed by atoms with van der Waals surface area (Å²) in [7, 11) is 0. The molecule has 0 atom stereocenters. The zero-order chi connectivity index (χ0) is 14.5. The van der Waals surface area contributed by atoms with Crippen LogP contribution in [-0.4, -0.2) is 5.91 Å². The van der Waals surface area contributed by atoms with E-state index >= 15 is 0 Å². The van der Waals surface area contributed by atoms with Gasteiger partial charge >= 0.3 is 0 Å². The molecule has 20 heavy (non-hydrogen) atoms. The zero-order valence-corrected chi connectivity index (χ0v) is 11.5. The summed E-state index contributed by atoms with van der Waals surface area (Å²) < 4.78 is 12.9. The second kappa shape index (κ2) is 6.50. The minimum atomic E-state index is -0.451. The standard InChI is InChI=1S/C15H14ClFN2O/c16-14-7-13(17)5-4-12(14)9-19-8-10-2-1-3-11(6-10)15(18)20/h1-7,19H,8-9H2,(H2,18,20). The summed E-state index contributed by atoms with van der Waals surface area (Å²) in [6, 6.07) is 11.4. The lowest BCUT2D eigenvalue weighted by Gasteiger charge is -2.07. The molecule has 3 N–H and O–H groups in total. The molecule has 3 nitrogen and oxygen atoms in total. The van der Waals surface area contributed by atoms with Crippen LogP contribution in [0.25, 0.3) is 0 Å². The van der Waals surface area contributed by atoms with E-state index in [1.165, 1.54) is 12.1 Å². The van der Waals surface area contributed by atoms with Crippen molar-refractivity contribution in [1.29, 1.82) is 0 Å². The van der Waals surface area contributed by atoms with E-state index in [4.69, 9.17) is 17.3 Å². The first-order valence-corrected chi connectivity index (χ1v) is 6.47. The average Bonchev–Trinajstić information content (AvgIpc) is 2.41. The highest BCUT2D eigenvalue weighted by molar-refractivity contribution is 6.31. The van der Waals surface area contributed by atoms with Crippen molar-refractivity contribution in [2.24, 2.45) is 5.73 Å². The van der Waals surface area contributed by atoms with E-state index in [2.05, 4.69) is 5.32 Å². The van der Waals surface area contributed by atoms with Crippen LogP contribution in [0.2, 0.25) is 5.02 Å². The fourth-order valence-electron chi connectivity index (χ4n) is 1.84. The van der Waals surface area contributed by atoms with Crippen molar-refractivity contribution in [3.05, 3.63) is 70.0 Å². The van der Waals surface area contributed by atoms with Gasteiger partial charge in [0.15, 0.2) is 0 Å². The van der Waals surface area contributed by atoms with Crippen LogP contribution in [0.3, 0.4) is 0 Å². The van der Waals surface area contributed by atoms with Gasteiger partial charge in [0, 0.05) is 23.7 Å². The highest BCUT2D eigenvalue weighted by Crippen LogP contribution is 2.17. The molecule has 0 aliphatic heterocycles. The number of hydrogen-bond acceptors (Lipinski definition) is 2. The number of amides is 1. The second-order valence-electron chi connectivity index (χ2n) is 4.40. The number of carbonyl (C=O) groups excluding carboxylic acids is 1. The minimum absolute atomic E-state index is 0.354. The molecule has 0 heterocycles. The topological polar surface area (TPSA) is 55.1 Å². The Morgan fingerprint density at radius 3 is 2.70 bits per heavy atom. The summed E-state index contributed by atoms with van der Waals surface area (Å²) in [5.41, 5.74) is 7.46. The molecule has 0 spiro atoms. The van der Waals surface area contributed by atoms with Crippen molar-refractivity contribution in [3.63, 3.8) is 0 Å². The zero-order valence-electron chi connectivity index (χ0n) is 10.7. The van der Waals surface area contributed by atoms with E-state index in [-0.39, 0.29) is 5.82 Å². The molecule has 0 fully saturated rings. The molecule has 0 aromatic heterocycles. The molecule has 0 aliphatic rings. The minimum Gasteiger partial charge on any atom is -0.366 e. The number of benzene rings is 2. The monoisotopic (exact) mass is 292 g/mol. The van der Waals surface area contributed by atoms with E-state index in [0.717, 1.165) is 11.1 Å². The van der Waals surface area contributed by atoms with Gasteiger partial charge in [0.2, 0.25) is 5.91 Å². The van der Waals surface area contributed by atoms with Crippen molar-refractivity contribution >= 4 is 17.5 Å². The molecule has 2 aromatic carbocycles. The fourth-order valence-corrected chi connectivity index (χ4v) is 2.08. The number of primary amides is 1. The third-order valence-electron chi connectivity index (χ3n) is 2.87. The maximum atomic E-state index is 12.9. The SMILES string of the molecule is NC(=O)c1cccc(CNCc2ccc(F)cc2Cl)c1. The van der Waals surface area contributed by atoms with Crippen LogP contribution < -0.4 is 11.1 Å². The highest BCUT2D eigenvalue weighted by Gasteiger charge is 2.03. The lowest BCUT2D eigenvalue weighted by molar-refractivity contribution is 0.1000. The summed E-state index contributed by atoms with van der Waals surface area (Å²) in [6.45, 7) is 1.08. The van der Waals surface area contributed by atoms with Gasteiger partial charge in [-0.05, 0) is 35.4 Å². The predicted octanol–water partition coefficient (Wildman–Crippen LogP) is 2.87. The van der Waals surface area contributed by atoms with E-state index in [9.17, 15) is 9.18 Å². The average molecular weight is 293 g/mol. The maximum absolute atomic E-state index is 12.9. The van der Waals surface area contributed by atoms with Crippen molar-refractivity contribution in [3.8, 4) is 0 Å². The molecule has 1 amide bonds. The van der Waals surface area contributed by atoms with Crippen molar-refractivity contribution in [1.82, 2.24) is 5.32 Å². The number of hydrogen-bond donors (Lipinski definition) is 2. The van der Waals surface area contributed by atoms with Gasteiger partial charge in [-0.1, -0.05) is 29.8 Å². The Hall–Kier alpha value is -1.91. The van der Waals surface area contributed by atoms with Crippen LogP contribution in [0.4, 0.5) is 4.39 Å². The number of nitrogens with two attached hydrogens (primary N) is 1. The van der Waals surface area contributed by atoms with Gasteiger partial charge in [-0.25, -0.2) is 4.39 Å². The van der Waals surface area contributed by atoms with Gasteiger partial charge in [-0.2, -0.15) is 0 Å². The van der Waals surface area contributed by atoms with Crippen LogP contribution in [0.1, 0.15) is 21.5 Å². The molecular formula is C15H14ClFN2O. The molecule has 5 heteroatoms. The Morgan fingerprint density at radius 1 is 1.20 bits per heavy atom. The molecule has 0 radical (unpaired) electrons. The van der Waals surface area contributed by atoms with Gasteiger partial charge < -0.3 is 11.1 Å². The molecule has 104 valence electrons. The molecule has 2 rings (SSSR count). The molecule has 0 saturated carbocycles. The number of rotatable bonds is 5. The Morgan fingerprint density at radius 2 is 2.00 bits per heavy atom. The van der Waals surface area contributed by atoms with E-state index in [0.29, 0.717) is 23.7 Å². The maximum Gasteiger partial charge on any atom is 0.248 e. The van der Waals surface area contributed by atoms with Crippen molar-refractivity contribution in [2.75, 3.05) is 0 Å². The summed E-state index contributed by atoms with van der Waals surface area (Å²) in [6.07, 6.45) is 0. The van der Waals surface area contributed by atoms with Crippen LogP contribution in [-0.2, 0) is 13.1 Å². The third-order valence-corrected chi connectivity index (χ3v) is 3.22. The van der Waals surface area contributed by atoms with E-state index in [1.807, 2.05) is 6.07 Å². The van der Waals surface area contributed by atoms with Crippen molar-refractivity contribution in [2.45, 2.75) is 13.1 Å². The predicted molar refractivity (Wildman–Crippen MR) is 76.9 cm³/mol. The van der Waals surface area contributed by atoms with Gasteiger partial charge in [0.05, 0.1) is 0 Å². The van der Waals surface area contributed by atoms with E-state index in [1.54, 1.807) is 24.3 Å². The Bertz CT molecular complexity index is 631. The Kier molecular flexibility index (Phi) is 4.71. The summed E-state index contributed by atoms with van der Waals surface area (Å²) in [5, 5.41) is 3.58. The Labute approximate surface area is 121 Å². The summed E-state index contributed by atoms with van der Waals surface area (Å²) in [4.78, 5) is 11.1. The second-order valence-corrected chi connectivity index (χ2v) is 4.81. The van der Waals surface area contributed by atoms with Gasteiger partial charge in [-0.15, -0.1) is 0 Å². The molecular weight excluding hydrogens is 279 g/mol. The largest absolute Gasteiger partial charge is 0.366 e. The highest BCUT2D eigenvalue weighted by atomic mass is 35.5. The number of halogens is 2. The van der Waals surface area contributed by atoms with Crippen LogP contribution >= 0.6 is 11.6 Å². The quantitative estimate of drug-likeness (QED) is 0.890. The number of nitrogens with one attached hydrogen (secondary N) is 1. The fraction of sp³-hybridized carbons (Fsp3) is 0.133. The first kappa shape index (κ1) is 14.5. The van der Waals surface area contributed by atoms with Gasteiger partial charge in [0.1, 0.15) is 5.82 Å². The third kappa shape index (κ3) is 3.79. The van der Waals surface area contributed by atoms with Crippen LogP contribution in [0.5, 0.6) is 0 Å². The van der Waals surface area contributed by atoms with Crippen LogP contribution in [0, 0.1) is 5.82 Å². The lowest BCUT2D eigenvalue weighted by atomic mass is 10.1. The smallest absolute Gasteiger partial charge is 0.248 e. The first-order valence-electron chi connectivity index (χ1n) is 6.09. The Balaban J connectivity index is 1.96. The van der Waals surface area contributed by atoms with Crippen molar-refractivity contribution < 1.29 is 9.18 Å². The molecule has 0 unspecified atom stereocenters. The summed E-state index contributed by atoms with van der Waals surface area (Å²) >= 11 is 5.94. The lowest BCUT2D eigenvalue weighted by Crippen LogP contribution is -2.15. The van der Waals surface area contributed by atoms with E-state index < -0.39 is 5.91 Å². The molecule has 0 bridgehead atoms. The van der Waals surface area contributed by atoms with Gasteiger partial charge in [0.25, 0.3) is 0 Å². The summed E-state index contributed by atoms with van der Waals surface area (Å²) in [5.74, 6) is -0.804. The number of carbonyl (C=O) groups is 1. The molecule has 0 aliphatic carbocycles. The first-order chi connectivity index (χ1) is 9.56. The molecule has 0 saturated heterocycles. The van der Waals surface area contributed by atoms with Crippen LogP contribution in [0.15, 0.2) is 42.5 Å². The molecule has 2 aromatic rings. The van der Waals surface area contributed by atoms with Gasteiger partial charge in [-0.3, -0.25) is 4.79 Å². The normalized spacial score (nSPS) is 10.5.